The highest BCUT2D eigenvalue weighted by atomic mass is 28.4. The zero-order valence-electron chi connectivity index (χ0n) is 19.1. The summed E-state index contributed by atoms with van der Waals surface area (Å²) in [6.07, 6.45) is -1.13. The summed E-state index contributed by atoms with van der Waals surface area (Å²) in [6, 6.07) is 16.1. The van der Waals surface area contributed by atoms with Gasteiger partial charge in [0.05, 0.1) is 17.8 Å². The minimum atomic E-state index is -2.31. The molecule has 0 aliphatic carbocycles. The molecule has 2 aromatic rings. The Labute approximate surface area is 181 Å². The molecule has 0 fully saturated rings. The van der Waals surface area contributed by atoms with Gasteiger partial charge in [0.1, 0.15) is 5.75 Å². The van der Waals surface area contributed by atoms with Gasteiger partial charge in [0.15, 0.2) is 14.4 Å². The van der Waals surface area contributed by atoms with Crippen LogP contribution in [0.4, 0.5) is 5.69 Å². The molecule has 0 heterocycles. The van der Waals surface area contributed by atoms with E-state index in [1.54, 1.807) is 18.2 Å². The van der Waals surface area contributed by atoms with Crippen LogP contribution in [-0.2, 0) is 14.0 Å². The number of para-hydroxylation sites is 2. The molecule has 2 aromatic carbocycles. The van der Waals surface area contributed by atoms with E-state index >= 15 is 0 Å². The molecule has 2 N–H and O–H groups in total. The number of esters is 1. The number of rotatable bonds is 8. The Kier molecular flexibility index (Phi) is 7.72. The molecule has 0 aliphatic rings. The summed E-state index contributed by atoms with van der Waals surface area (Å²) in [5, 5.41) is 13.6. The average molecular weight is 430 g/mol. The lowest BCUT2D eigenvalue weighted by atomic mass is 10.0. The van der Waals surface area contributed by atoms with Crippen molar-refractivity contribution in [2.75, 3.05) is 5.32 Å². The maximum Gasteiger partial charge on any atom is 0.336 e. The third kappa shape index (κ3) is 6.09. The minimum absolute atomic E-state index is 0.0838. The Hall–Kier alpha value is -2.31. The highest BCUT2D eigenvalue weighted by Gasteiger charge is 2.44. The predicted molar refractivity (Wildman–Crippen MR) is 124 cm³/mol. The lowest BCUT2D eigenvalue weighted by Crippen LogP contribution is -2.49. The van der Waals surface area contributed by atoms with Crippen LogP contribution in [0, 0.1) is 0 Å². The largest absolute Gasteiger partial charge is 0.506 e. The lowest BCUT2D eigenvalue weighted by molar-refractivity contribution is -0.157. The Morgan fingerprint density at radius 2 is 1.57 bits per heavy atom. The van der Waals surface area contributed by atoms with E-state index in [9.17, 15) is 9.90 Å². The van der Waals surface area contributed by atoms with Crippen LogP contribution in [0.3, 0.4) is 0 Å². The standard InChI is InChI=1S/C24H35NO4Si/c1-17(2)28-23(27)22(29-30(6,7)24(3,4)5)21(18-13-9-8-10-14-18)25-19-15-11-12-16-20(19)26/h8-17,21-22,25-26H,1-7H3/t21-,22+/m1/s1. The molecule has 2 atom stereocenters. The number of nitrogens with one attached hydrogen (secondary N) is 1. The third-order valence-electron chi connectivity index (χ3n) is 5.49. The van der Waals surface area contributed by atoms with Crippen molar-refractivity contribution in [3.63, 3.8) is 0 Å². The fraction of sp³-hybridized carbons (Fsp3) is 0.458. The maximum absolute atomic E-state index is 13.2. The fourth-order valence-corrected chi connectivity index (χ4v) is 4.02. The van der Waals surface area contributed by atoms with Crippen LogP contribution >= 0.6 is 0 Å². The van der Waals surface area contributed by atoms with Crippen LogP contribution < -0.4 is 5.32 Å². The van der Waals surface area contributed by atoms with Crippen molar-refractivity contribution in [1.29, 1.82) is 0 Å². The van der Waals surface area contributed by atoms with Gasteiger partial charge in [-0.05, 0) is 49.7 Å². The molecule has 0 aliphatic heterocycles. The van der Waals surface area contributed by atoms with Crippen LogP contribution in [-0.4, -0.2) is 31.6 Å². The van der Waals surface area contributed by atoms with Crippen LogP contribution in [0.15, 0.2) is 54.6 Å². The molecular formula is C24H35NO4Si. The number of phenolic OH excluding ortho intramolecular Hbond substituents is 1. The SMILES string of the molecule is CC(C)OC(=O)[C@@H](O[Si](C)(C)C(C)(C)C)[C@H](Nc1ccccc1O)c1ccccc1. The summed E-state index contributed by atoms with van der Waals surface area (Å²) in [6.45, 7) is 14.3. The van der Waals surface area contributed by atoms with Gasteiger partial charge in [-0.2, -0.15) is 0 Å². The topological polar surface area (TPSA) is 67.8 Å². The molecule has 164 valence electrons. The summed E-state index contributed by atoms with van der Waals surface area (Å²) >= 11 is 0. The van der Waals surface area contributed by atoms with E-state index in [4.69, 9.17) is 9.16 Å². The van der Waals surface area contributed by atoms with Crippen LogP contribution in [0.1, 0.15) is 46.2 Å². The van der Waals surface area contributed by atoms with Crippen LogP contribution in [0.2, 0.25) is 18.1 Å². The molecule has 6 heteroatoms. The number of ether oxygens (including phenoxy) is 1. The predicted octanol–water partition coefficient (Wildman–Crippen LogP) is 5.89. The first-order chi connectivity index (χ1) is 13.9. The number of aromatic hydroxyl groups is 1. The quantitative estimate of drug-likeness (QED) is 0.311. The van der Waals surface area contributed by atoms with Crippen molar-refractivity contribution < 1.29 is 19.1 Å². The zero-order valence-corrected chi connectivity index (χ0v) is 20.1. The summed E-state index contributed by atoms with van der Waals surface area (Å²) in [5.41, 5.74) is 1.41. The first kappa shape index (κ1) is 24.0. The number of phenols is 1. The van der Waals surface area contributed by atoms with Gasteiger partial charge in [-0.3, -0.25) is 0 Å². The van der Waals surface area contributed by atoms with Crippen molar-refractivity contribution in [2.45, 2.75) is 71.0 Å². The Morgan fingerprint density at radius 1 is 1.00 bits per heavy atom. The Bertz CT molecular complexity index is 831. The lowest BCUT2D eigenvalue weighted by Gasteiger charge is -2.41. The minimum Gasteiger partial charge on any atom is -0.506 e. The highest BCUT2D eigenvalue weighted by molar-refractivity contribution is 6.74. The highest BCUT2D eigenvalue weighted by Crippen LogP contribution is 2.40. The van der Waals surface area contributed by atoms with Crippen molar-refractivity contribution in [3.05, 3.63) is 60.2 Å². The van der Waals surface area contributed by atoms with Gasteiger partial charge in [-0.15, -0.1) is 0 Å². The molecule has 0 radical (unpaired) electrons. The normalized spacial score (nSPS) is 14.3. The van der Waals surface area contributed by atoms with Gasteiger partial charge in [-0.25, -0.2) is 4.79 Å². The number of carbonyl (C=O) groups excluding carboxylic acids is 1. The number of hydrogen-bond donors (Lipinski definition) is 2. The molecular weight excluding hydrogens is 394 g/mol. The van der Waals surface area contributed by atoms with Crippen molar-refractivity contribution in [2.24, 2.45) is 0 Å². The molecule has 0 saturated carbocycles. The Balaban J connectivity index is 2.53. The van der Waals surface area contributed by atoms with Crippen molar-refractivity contribution in [3.8, 4) is 5.75 Å². The molecule has 5 nitrogen and oxygen atoms in total. The van der Waals surface area contributed by atoms with Crippen molar-refractivity contribution in [1.82, 2.24) is 0 Å². The number of benzene rings is 2. The molecule has 0 spiro atoms. The smallest absolute Gasteiger partial charge is 0.336 e. The molecule has 0 amide bonds. The summed E-state index contributed by atoms with van der Waals surface area (Å²) in [7, 11) is -2.31. The van der Waals surface area contributed by atoms with Crippen molar-refractivity contribution >= 4 is 20.0 Å². The van der Waals surface area contributed by atoms with E-state index in [0.29, 0.717) is 5.69 Å². The molecule has 2 rings (SSSR count). The van der Waals surface area contributed by atoms with Gasteiger partial charge in [0.2, 0.25) is 0 Å². The van der Waals surface area contributed by atoms with E-state index in [2.05, 4.69) is 39.2 Å². The third-order valence-corrected chi connectivity index (χ3v) is 9.94. The molecule has 0 bridgehead atoms. The Morgan fingerprint density at radius 3 is 2.10 bits per heavy atom. The second kappa shape index (κ2) is 9.66. The van der Waals surface area contributed by atoms with Crippen LogP contribution in [0.25, 0.3) is 0 Å². The second-order valence-electron chi connectivity index (χ2n) is 9.33. The molecule has 0 saturated heterocycles. The van der Waals surface area contributed by atoms with E-state index in [0.717, 1.165) is 5.56 Å². The van der Waals surface area contributed by atoms with E-state index in [1.807, 2.05) is 50.2 Å². The average Bonchev–Trinajstić information content (AvgIpc) is 2.65. The van der Waals surface area contributed by atoms with E-state index in [-0.39, 0.29) is 16.9 Å². The van der Waals surface area contributed by atoms with Gasteiger partial charge in [-0.1, -0.05) is 63.2 Å². The molecule has 0 unspecified atom stereocenters. The fourth-order valence-electron chi connectivity index (χ4n) is 2.80. The van der Waals surface area contributed by atoms with Gasteiger partial charge >= 0.3 is 5.97 Å². The number of anilines is 1. The number of carbonyl (C=O) groups is 1. The summed E-state index contributed by atoms with van der Waals surface area (Å²) in [5.74, 6) is -0.298. The van der Waals surface area contributed by atoms with E-state index in [1.165, 1.54) is 0 Å². The maximum atomic E-state index is 13.2. The van der Waals surface area contributed by atoms with Gasteiger partial charge in [0, 0.05) is 0 Å². The summed E-state index contributed by atoms with van der Waals surface area (Å²) < 4.78 is 12.2. The first-order valence-electron chi connectivity index (χ1n) is 10.4. The zero-order chi connectivity index (χ0) is 22.5. The van der Waals surface area contributed by atoms with E-state index < -0.39 is 26.4 Å². The number of hydrogen-bond acceptors (Lipinski definition) is 5. The van der Waals surface area contributed by atoms with Crippen LogP contribution in [0.5, 0.6) is 5.75 Å². The van der Waals surface area contributed by atoms with Gasteiger partial charge < -0.3 is 19.6 Å². The second-order valence-corrected chi connectivity index (χ2v) is 14.1. The van der Waals surface area contributed by atoms with Gasteiger partial charge in [0.25, 0.3) is 0 Å². The summed E-state index contributed by atoms with van der Waals surface area (Å²) in [4.78, 5) is 13.2. The first-order valence-corrected chi connectivity index (χ1v) is 13.3. The monoisotopic (exact) mass is 429 g/mol. The molecule has 0 aromatic heterocycles. The molecule has 30 heavy (non-hydrogen) atoms.